The number of hydrogen-bond donors (Lipinski definition) is 0. The molecule has 0 aromatic carbocycles. The summed E-state index contributed by atoms with van der Waals surface area (Å²) in [6.07, 6.45) is 5.23. The third-order valence-corrected chi connectivity index (χ3v) is 4.59. The van der Waals surface area contributed by atoms with Gasteiger partial charge in [-0.2, -0.15) is 0 Å². The van der Waals surface area contributed by atoms with Crippen molar-refractivity contribution in [2.45, 2.75) is 46.1 Å². The Morgan fingerprint density at radius 3 is 2.56 bits per heavy atom. The van der Waals surface area contributed by atoms with E-state index >= 15 is 0 Å². The van der Waals surface area contributed by atoms with E-state index < -0.39 is 0 Å². The molecule has 0 N–H and O–H groups in total. The molecule has 1 fully saturated rings. The summed E-state index contributed by atoms with van der Waals surface area (Å²) < 4.78 is 2.28. The maximum absolute atomic E-state index is 12.0. The summed E-state index contributed by atoms with van der Waals surface area (Å²) >= 11 is 0. The molecule has 98 valence electrons. The highest BCUT2D eigenvalue weighted by Gasteiger charge is 2.49. The van der Waals surface area contributed by atoms with Crippen LogP contribution in [0.2, 0.25) is 0 Å². The van der Waals surface area contributed by atoms with Gasteiger partial charge in [0.1, 0.15) is 5.69 Å². The normalized spacial score (nSPS) is 22.4. The predicted molar refractivity (Wildman–Crippen MR) is 71.8 cm³/mol. The van der Waals surface area contributed by atoms with Gasteiger partial charge in [0, 0.05) is 25.8 Å². The molecule has 1 aromatic rings. The smallest absolute Gasteiger partial charge is 0.270 e. The Bertz CT molecular complexity index is 497. The molecule has 3 aliphatic rings. The Morgan fingerprint density at radius 2 is 1.89 bits per heavy atom. The lowest BCUT2D eigenvalue weighted by Crippen LogP contribution is -2.37. The van der Waals surface area contributed by atoms with E-state index in [9.17, 15) is 4.79 Å². The second-order valence-corrected chi connectivity index (χ2v) is 5.73. The Balaban J connectivity index is 0.000000478. The standard InChI is InChI=1S/C13H16N2O.C2H6/c1-14-4-5-15-10(12(14)16)6-9-7-13(2-3-13)8-11(9)15;1-2/h6H,2-5,7-8H2,1H3;1-2H3. The topological polar surface area (TPSA) is 25.2 Å². The van der Waals surface area contributed by atoms with Crippen LogP contribution in [0.3, 0.4) is 0 Å². The summed E-state index contributed by atoms with van der Waals surface area (Å²) in [6, 6.07) is 2.15. The first-order chi connectivity index (χ1) is 8.69. The van der Waals surface area contributed by atoms with E-state index in [1.165, 1.54) is 36.9 Å². The molecule has 18 heavy (non-hydrogen) atoms. The first-order valence-corrected chi connectivity index (χ1v) is 7.15. The second-order valence-electron chi connectivity index (χ2n) is 5.73. The lowest BCUT2D eigenvalue weighted by molar-refractivity contribution is 0.0747. The Hall–Kier alpha value is -1.25. The monoisotopic (exact) mass is 246 g/mol. The largest absolute Gasteiger partial charge is 0.339 e. The highest BCUT2D eigenvalue weighted by atomic mass is 16.2. The Kier molecular flexibility index (Phi) is 2.54. The van der Waals surface area contributed by atoms with E-state index in [2.05, 4.69) is 10.6 Å². The van der Waals surface area contributed by atoms with Crippen LogP contribution in [0.15, 0.2) is 6.07 Å². The number of aromatic nitrogens is 1. The Morgan fingerprint density at radius 1 is 1.17 bits per heavy atom. The van der Waals surface area contributed by atoms with Crippen LogP contribution < -0.4 is 0 Å². The number of fused-ring (bicyclic) bond motifs is 3. The number of carbonyl (C=O) groups excluding carboxylic acids is 1. The van der Waals surface area contributed by atoms with Gasteiger partial charge < -0.3 is 9.47 Å². The minimum Gasteiger partial charge on any atom is -0.339 e. The summed E-state index contributed by atoms with van der Waals surface area (Å²) in [7, 11) is 1.90. The van der Waals surface area contributed by atoms with E-state index in [1.807, 2.05) is 25.8 Å². The van der Waals surface area contributed by atoms with Crippen LogP contribution in [0, 0.1) is 5.41 Å². The van der Waals surface area contributed by atoms with Crippen molar-refractivity contribution in [2.75, 3.05) is 13.6 Å². The van der Waals surface area contributed by atoms with Gasteiger partial charge in [-0.3, -0.25) is 4.79 Å². The average molecular weight is 246 g/mol. The number of amides is 1. The van der Waals surface area contributed by atoms with Crippen molar-refractivity contribution in [1.82, 2.24) is 9.47 Å². The van der Waals surface area contributed by atoms with Gasteiger partial charge in [-0.05, 0) is 42.7 Å². The van der Waals surface area contributed by atoms with Gasteiger partial charge in [-0.15, -0.1) is 0 Å². The van der Waals surface area contributed by atoms with Crippen molar-refractivity contribution in [3.8, 4) is 0 Å². The summed E-state index contributed by atoms with van der Waals surface area (Å²) in [5.41, 5.74) is 4.47. The molecule has 0 bridgehead atoms. The fourth-order valence-corrected chi connectivity index (χ4v) is 3.34. The second kappa shape index (κ2) is 3.87. The summed E-state index contributed by atoms with van der Waals surface area (Å²) in [6.45, 7) is 5.85. The van der Waals surface area contributed by atoms with Gasteiger partial charge >= 0.3 is 0 Å². The van der Waals surface area contributed by atoms with Crippen LogP contribution in [-0.2, 0) is 19.4 Å². The number of likely N-dealkylation sites (N-methyl/N-ethyl adjacent to an activating group) is 1. The third kappa shape index (κ3) is 1.53. The van der Waals surface area contributed by atoms with Gasteiger partial charge in [0.25, 0.3) is 5.91 Å². The third-order valence-electron chi connectivity index (χ3n) is 4.59. The van der Waals surface area contributed by atoms with E-state index in [0.29, 0.717) is 5.41 Å². The maximum atomic E-state index is 12.0. The molecule has 1 aromatic heterocycles. The molecule has 1 aliphatic heterocycles. The van der Waals surface area contributed by atoms with E-state index in [-0.39, 0.29) is 5.91 Å². The molecule has 2 aliphatic carbocycles. The van der Waals surface area contributed by atoms with Crippen LogP contribution in [0.4, 0.5) is 0 Å². The maximum Gasteiger partial charge on any atom is 0.270 e. The zero-order chi connectivity index (χ0) is 12.9. The molecule has 4 rings (SSSR count). The molecule has 0 radical (unpaired) electrons. The lowest BCUT2D eigenvalue weighted by Gasteiger charge is -2.26. The molecule has 3 nitrogen and oxygen atoms in total. The zero-order valence-electron chi connectivity index (χ0n) is 11.6. The first-order valence-electron chi connectivity index (χ1n) is 7.15. The fraction of sp³-hybridized carbons (Fsp3) is 0.667. The predicted octanol–water partition coefficient (Wildman–Crippen LogP) is 2.48. The number of carbonyl (C=O) groups is 1. The van der Waals surface area contributed by atoms with Crippen LogP contribution >= 0.6 is 0 Å². The average Bonchev–Trinajstić information content (AvgIpc) is 2.90. The van der Waals surface area contributed by atoms with Crippen LogP contribution in [0.5, 0.6) is 0 Å². The highest BCUT2D eigenvalue weighted by molar-refractivity contribution is 5.93. The van der Waals surface area contributed by atoms with Crippen LogP contribution in [0.25, 0.3) is 0 Å². The number of hydrogen-bond acceptors (Lipinski definition) is 1. The SMILES string of the molecule is CC.CN1CCn2c(cc3c2CC2(CC2)C3)C1=O. The van der Waals surface area contributed by atoms with Crippen molar-refractivity contribution in [2.24, 2.45) is 5.41 Å². The minimum absolute atomic E-state index is 0.200. The lowest BCUT2D eigenvalue weighted by atomic mass is 10.0. The molecule has 3 heteroatoms. The quantitative estimate of drug-likeness (QED) is 0.690. The van der Waals surface area contributed by atoms with Gasteiger partial charge in [0.05, 0.1) is 0 Å². The van der Waals surface area contributed by atoms with Crippen molar-refractivity contribution in [3.63, 3.8) is 0 Å². The fourth-order valence-electron chi connectivity index (χ4n) is 3.34. The first kappa shape index (κ1) is 11.8. The summed E-state index contributed by atoms with van der Waals surface area (Å²) in [4.78, 5) is 13.8. The van der Waals surface area contributed by atoms with Crippen molar-refractivity contribution >= 4 is 5.91 Å². The molecular formula is C15H22N2O. The zero-order valence-corrected chi connectivity index (χ0v) is 11.6. The molecule has 1 amide bonds. The van der Waals surface area contributed by atoms with Crippen molar-refractivity contribution in [1.29, 1.82) is 0 Å². The van der Waals surface area contributed by atoms with Crippen molar-refractivity contribution in [3.05, 3.63) is 23.0 Å². The molecule has 0 unspecified atom stereocenters. The molecule has 1 spiro atoms. The van der Waals surface area contributed by atoms with E-state index in [0.717, 1.165) is 18.8 Å². The Labute approximate surface area is 109 Å². The van der Waals surface area contributed by atoms with Crippen LogP contribution in [-0.4, -0.2) is 29.0 Å². The van der Waals surface area contributed by atoms with Gasteiger partial charge in [-0.1, -0.05) is 13.8 Å². The molecule has 2 heterocycles. The van der Waals surface area contributed by atoms with Crippen LogP contribution in [0.1, 0.15) is 48.4 Å². The molecule has 0 atom stereocenters. The van der Waals surface area contributed by atoms with Gasteiger partial charge in [0.2, 0.25) is 0 Å². The van der Waals surface area contributed by atoms with Gasteiger partial charge in [-0.25, -0.2) is 0 Å². The highest BCUT2D eigenvalue weighted by Crippen LogP contribution is 2.56. The number of rotatable bonds is 0. The summed E-state index contributed by atoms with van der Waals surface area (Å²) in [5.74, 6) is 0.200. The molecular weight excluding hydrogens is 224 g/mol. The number of nitrogens with zero attached hydrogens (tertiary/aromatic N) is 2. The van der Waals surface area contributed by atoms with Crippen molar-refractivity contribution < 1.29 is 4.79 Å². The van der Waals surface area contributed by atoms with E-state index in [4.69, 9.17) is 0 Å². The molecule has 1 saturated carbocycles. The van der Waals surface area contributed by atoms with E-state index in [1.54, 1.807) is 0 Å². The molecule has 0 saturated heterocycles. The minimum atomic E-state index is 0.200. The van der Waals surface area contributed by atoms with Gasteiger partial charge in [0.15, 0.2) is 0 Å². The summed E-state index contributed by atoms with van der Waals surface area (Å²) in [5, 5.41) is 0.